The van der Waals surface area contributed by atoms with Gasteiger partial charge in [-0.05, 0) is 54.6 Å². The highest BCUT2D eigenvalue weighted by molar-refractivity contribution is 6.44. The van der Waals surface area contributed by atoms with Gasteiger partial charge < -0.3 is 4.74 Å². The molecule has 0 saturated heterocycles. The van der Waals surface area contributed by atoms with Crippen molar-refractivity contribution >= 4 is 64.1 Å². The Labute approximate surface area is 232 Å². The van der Waals surface area contributed by atoms with E-state index < -0.39 is 29.7 Å². The molecule has 0 N–H and O–H groups in total. The van der Waals surface area contributed by atoms with Gasteiger partial charge in [-0.15, -0.1) is 0 Å². The number of halogens is 3. The molecule has 1 aliphatic heterocycles. The third-order valence-electron chi connectivity index (χ3n) is 5.96. The van der Waals surface area contributed by atoms with Crippen LogP contribution in [0.2, 0.25) is 15.1 Å². The van der Waals surface area contributed by atoms with Gasteiger partial charge in [-0.2, -0.15) is 0 Å². The molecule has 4 aromatic rings. The fourth-order valence-electron chi connectivity index (χ4n) is 4.08. The first-order valence-corrected chi connectivity index (χ1v) is 12.4. The minimum absolute atomic E-state index is 0.0416. The first kappa shape index (κ1) is 25.7. The second-order valence-electron chi connectivity index (χ2n) is 8.38. The smallest absolute Gasteiger partial charge is 0.339 e. The molecular formula is C29H16Cl3NO5. The molecule has 0 aliphatic carbocycles. The third kappa shape index (κ3) is 4.82. The van der Waals surface area contributed by atoms with Gasteiger partial charge in [0.05, 0.1) is 32.4 Å². The summed E-state index contributed by atoms with van der Waals surface area (Å²) in [5.41, 5.74) is 1.20. The average molecular weight is 565 g/mol. The second-order valence-corrected chi connectivity index (χ2v) is 9.63. The maximum atomic E-state index is 13.3. The summed E-state index contributed by atoms with van der Waals surface area (Å²) in [6.45, 7) is 0. The molecule has 1 heterocycles. The molecule has 9 heteroatoms. The van der Waals surface area contributed by atoms with Crippen molar-refractivity contribution in [2.75, 3.05) is 4.90 Å². The number of benzene rings is 4. The Balaban J connectivity index is 1.45. The van der Waals surface area contributed by atoms with Gasteiger partial charge in [0.1, 0.15) is 0 Å². The van der Waals surface area contributed by atoms with Crippen LogP contribution in [0.15, 0.2) is 91.0 Å². The quantitative estimate of drug-likeness (QED) is 0.140. The van der Waals surface area contributed by atoms with Gasteiger partial charge in [0.25, 0.3) is 11.8 Å². The molecule has 5 rings (SSSR count). The largest absolute Gasteiger partial charge is 0.445 e. The summed E-state index contributed by atoms with van der Waals surface area (Å²) in [5.74, 6) is -2.46. The number of ketones is 1. The molecule has 38 heavy (non-hydrogen) atoms. The van der Waals surface area contributed by atoms with Crippen molar-refractivity contribution in [2.24, 2.45) is 0 Å². The molecule has 188 valence electrons. The van der Waals surface area contributed by atoms with E-state index in [0.29, 0.717) is 16.1 Å². The van der Waals surface area contributed by atoms with Gasteiger partial charge in [-0.3, -0.25) is 14.4 Å². The Bertz CT molecular complexity index is 1560. The van der Waals surface area contributed by atoms with Crippen LogP contribution in [-0.4, -0.2) is 23.6 Å². The highest BCUT2D eigenvalue weighted by Gasteiger charge is 2.38. The lowest BCUT2D eigenvalue weighted by Crippen LogP contribution is -2.29. The number of hydrogen-bond acceptors (Lipinski definition) is 5. The van der Waals surface area contributed by atoms with Crippen molar-refractivity contribution in [1.82, 2.24) is 0 Å². The zero-order valence-electron chi connectivity index (χ0n) is 19.4. The Morgan fingerprint density at radius 3 is 1.89 bits per heavy atom. The topological polar surface area (TPSA) is 80.8 Å². The molecule has 0 radical (unpaired) electrons. The lowest BCUT2D eigenvalue weighted by Gasteiger charge is -2.19. The SMILES string of the molecule is O=C(O[C@@H](C(=O)c1ccc(Cl)cc1)c1ccccc1)c1cccc(N2C(=O)c3cc(Cl)c(Cl)cc3C2=O)c1. The number of esters is 1. The number of carbonyl (C=O) groups excluding carboxylic acids is 4. The zero-order valence-corrected chi connectivity index (χ0v) is 21.6. The number of imide groups is 1. The molecule has 0 fully saturated rings. The number of Topliss-reactive ketones (excluding diaryl/α,β-unsaturated/α-hetero) is 1. The summed E-state index contributed by atoms with van der Waals surface area (Å²) < 4.78 is 5.69. The number of anilines is 1. The third-order valence-corrected chi connectivity index (χ3v) is 6.94. The summed E-state index contributed by atoms with van der Waals surface area (Å²) in [7, 11) is 0. The first-order chi connectivity index (χ1) is 18.2. The number of hydrogen-bond donors (Lipinski definition) is 0. The van der Waals surface area contributed by atoms with E-state index >= 15 is 0 Å². The predicted octanol–water partition coefficient (Wildman–Crippen LogP) is 7.23. The van der Waals surface area contributed by atoms with Crippen LogP contribution in [0.5, 0.6) is 0 Å². The minimum atomic E-state index is -1.24. The van der Waals surface area contributed by atoms with Gasteiger partial charge in [0.2, 0.25) is 5.78 Å². The first-order valence-electron chi connectivity index (χ1n) is 11.3. The van der Waals surface area contributed by atoms with E-state index in [9.17, 15) is 19.2 Å². The molecule has 0 saturated carbocycles. The number of fused-ring (bicyclic) bond motifs is 1. The summed E-state index contributed by atoms with van der Waals surface area (Å²) in [6, 6.07) is 23.3. The fourth-order valence-corrected chi connectivity index (χ4v) is 4.54. The van der Waals surface area contributed by atoms with E-state index in [4.69, 9.17) is 39.5 Å². The molecule has 1 atom stereocenters. The molecule has 0 bridgehead atoms. The molecule has 4 aromatic carbocycles. The molecule has 2 amide bonds. The number of ether oxygens (including phenoxy) is 1. The molecular weight excluding hydrogens is 549 g/mol. The lowest BCUT2D eigenvalue weighted by molar-refractivity contribution is 0.0280. The monoisotopic (exact) mass is 563 g/mol. The fraction of sp³-hybridized carbons (Fsp3) is 0.0345. The Morgan fingerprint density at radius 1 is 0.684 bits per heavy atom. The molecule has 0 aromatic heterocycles. The number of nitrogens with zero attached hydrogens (tertiary/aromatic N) is 1. The van der Waals surface area contributed by atoms with Crippen molar-refractivity contribution in [1.29, 1.82) is 0 Å². The Kier molecular flexibility index (Phi) is 7.04. The van der Waals surface area contributed by atoms with E-state index in [1.807, 2.05) is 0 Å². The van der Waals surface area contributed by atoms with Crippen LogP contribution < -0.4 is 4.90 Å². The Hall–Kier alpha value is -3.97. The van der Waals surface area contributed by atoms with Crippen molar-refractivity contribution in [2.45, 2.75) is 6.10 Å². The van der Waals surface area contributed by atoms with Crippen LogP contribution in [0, 0.1) is 0 Å². The van der Waals surface area contributed by atoms with Crippen LogP contribution >= 0.6 is 34.8 Å². The standard InChI is InChI=1S/C29H16Cl3NO5/c30-19-11-9-16(10-12-19)25(34)26(17-5-2-1-3-6-17)38-29(37)18-7-4-8-20(13-18)33-27(35)21-14-23(31)24(32)15-22(21)28(33)36/h1-15,26H/t26-/m1/s1. The van der Waals surface area contributed by atoms with Gasteiger partial charge in [0, 0.05) is 16.1 Å². The van der Waals surface area contributed by atoms with E-state index in [1.165, 1.54) is 36.4 Å². The van der Waals surface area contributed by atoms with E-state index in [-0.39, 0.29) is 32.4 Å². The van der Waals surface area contributed by atoms with Crippen molar-refractivity contribution in [3.63, 3.8) is 0 Å². The molecule has 6 nitrogen and oxygen atoms in total. The van der Waals surface area contributed by atoms with Crippen molar-refractivity contribution in [3.05, 3.63) is 134 Å². The van der Waals surface area contributed by atoms with Crippen molar-refractivity contribution in [3.8, 4) is 0 Å². The summed E-state index contributed by atoms with van der Waals surface area (Å²) in [6.07, 6.45) is -1.24. The molecule has 1 aliphatic rings. The van der Waals surface area contributed by atoms with Crippen LogP contribution in [0.25, 0.3) is 0 Å². The maximum Gasteiger partial charge on any atom is 0.339 e. The zero-order chi connectivity index (χ0) is 27.0. The molecule has 0 spiro atoms. The van der Waals surface area contributed by atoms with E-state index in [1.54, 1.807) is 54.6 Å². The van der Waals surface area contributed by atoms with Gasteiger partial charge in [0.15, 0.2) is 6.10 Å². The lowest BCUT2D eigenvalue weighted by atomic mass is 9.99. The normalized spacial score (nSPS) is 13.3. The molecule has 0 unspecified atom stereocenters. The van der Waals surface area contributed by atoms with Gasteiger partial charge >= 0.3 is 5.97 Å². The van der Waals surface area contributed by atoms with Crippen LogP contribution in [-0.2, 0) is 4.74 Å². The van der Waals surface area contributed by atoms with Gasteiger partial charge in [-0.1, -0.05) is 71.2 Å². The highest BCUT2D eigenvalue weighted by Crippen LogP contribution is 2.34. The summed E-state index contributed by atoms with van der Waals surface area (Å²) in [5, 5.41) is 0.746. The van der Waals surface area contributed by atoms with Crippen LogP contribution in [0.4, 0.5) is 5.69 Å². The highest BCUT2D eigenvalue weighted by atomic mass is 35.5. The van der Waals surface area contributed by atoms with E-state index in [2.05, 4.69) is 0 Å². The van der Waals surface area contributed by atoms with Crippen LogP contribution in [0.3, 0.4) is 0 Å². The average Bonchev–Trinajstić information content (AvgIpc) is 3.16. The van der Waals surface area contributed by atoms with Gasteiger partial charge in [-0.25, -0.2) is 9.69 Å². The van der Waals surface area contributed by atoms with Crippen LogP contribution in [0.1, 0.15) is 53.1 Å². The maximum absolute atomic E-state index is 13.3. The summed E-state index contributed by atoms with van der Waals surface area (Å²) in [4.78, 5) is 53.5. The minimum Gasteiger partial charge on any atom is -0.445 e. The Morgan fingerprint density at radius 2 is 1.29 bits per heavy atom. The predicted molar refractivity (Wildman–Crippen MR) is 144 cm³/mol. The number of carbonyl (C=O) groups is 4. The summed E-state index contributed by atoms with van der Waals surface area (Å²) >= 11 is 18.0. The van der Waals surface area contributed by atoms with Crippen molar-refractivity contribution < 1.29 is 23.9 Å². The second kappa shape index (κ2) is 10.4. The number of rotatable bonds is 6. The van der Waals surface area contributed by atoms with E-state index in [0.717, 1.165) is 4.90 Å². The number of amides is 2.